The van der Waals surface area contributed by atoms with Gasteiger partial charge in [-0.05, 0) is 56.1 Å². The molecule has 3 N–H and O–H groups in total. The first kappa shape index (κ1) is 12.2. The van der Waals surface area contributed by atoms with Crippen molar-refractivity contribution in [3.05, 3.63) is 23.3 Å². The lowest BCUT2D eigenvalue weighted by molar-refractivity contribution is 0.0430. The summed E-state index contributed by atoms with van der Waals surface area (Å²) < 4.78 is 0. The van der Waals surface area contributed by atoms with Crippen molar-refractivity contribution in [2.75, 3.05) is 6.54 Å². The highest BCUT2D eigenvalue weighted by Crippen LogP contribution is 2.46. The minimum absolute atomic E-state index is 0.127. The third-order valence-electron chi connectivity index (χ3n) is 4.18. The highest BCUT2D eigenvalue weighted by atomic mass is 35.5. The Bertz CT molecular complexity index is 303. The Kier molecular flexibility index (Phi) is 3.73. The van der Waals surface area contributed by atoms with Crippen LogP contribution in [0.15, 0.2) is 23.3 Å². The number of aliphatic hydroxyl groups is 1. The lowest BCUT2D eigenvalue weighted by Gasteiger charge is -2.43. The first-order valence-electron chi connectivity index (χ1n) is 6.07. The molecule has 16 heavy (non-hydrogen) atoms. The van der Waals surface area contributed by atoms with E-state index in [2.05, 4.69) is 6.08 Å². The lowest BCUT2D eigenvalue weighted by atomic mass is 9.63. The summed E-state index contributed by atoms with van der Waals surface area (Å²) in [6, 6.07) is 0. The zero-order valence-corrected chi connectivity index (χ0v) is 10.3. The molecule has 0 aromatic heterocycles. The number of halogens is 1. The predicted octanol–water partition coefficient (Wildman–Crippen LogP) is 2.57. The van der Waals surface area contributed by atoms with E-state index in [0.717, 1.165) is 37.1 Å². The molecule has 0 spiro atoms. The lowest BCUT2D eigenvalue weighted by Crippen LogP contribution is -2.42. The molecule has 2 aliphatic carbocycles. The fraction of sp³-hybridized carbons (Fsp3) is 0.692. The van der Waals surface area contributed by atoms with Gasteiger partial charge >= 0.3 is 0 Å². The largest absolute Gasteiger partial charge is 0.393 e. The van der Waals surface area contributed by atoms with Gasteiger partial charge in [0.25, 0.3) is 0 Å². The normalized spacial score (nSPS) is 39.6. The van der Waals surface area contributed by atoms with Crippen molar-refractivity contribution in [1.29, 1.82) is 0 Å². The number of allylic oxidation sites excluding steroid dienone is 4. The Morgan fingerprint density at radius 3 is 2.69 bits per heavy atom. The van der Waals surface area contributed by atoms with Gasteiger partial charge in [-0.2, -0.15) is 0 Å². The highest BCUT2D eigenvalue weighted by Gasteiger charge is 2.39. The van der Waals surface area contributed by atoms with Gasteiger partial charge in [-0.1, -0.05) is 23.8 Å². The maximum absolute atomic E-state index is 9.59. The van der Waals surface area contributed by atoms with Gasteiger partial charge < -0.3 is 10.8 Å². The zero-order valence-electron chi connectivity index (χ0n) is 9.53. The van der Waals surface area contributed by atoms with E-state index in [-0.39, 0.29) is 11.5 Å². The molecule has 1 atom stereocenters. The average Bonchev–Trinajstić information content (AvgIpc) is 2.31. The van der Waals surface area contributed by atoms with E-state index in [9.17, 15) is 5.11 Å². The minimum atomic E-state index is -0.127. The van der Waals surface area contributed by atoms with E-state index >= 15 is 0 Å². The van der Waals surface area contributed by atoms with E-state index in [1.807, 2.05) is 12.2 Å². The van der Waals surface area contributed by atoms with Crippen LogP contribution in [0.4, 0.5) is 0 Å². The molecular formula is C13H20ClNO. The molecule has 0 aromatic rings. The topological polar surface area (TPSA) is 46.2 Å². The van der Waals surface area contributed by atoms with Crippen molar-refractivity contribution in [1.82, 2.24) is 0 Å². The van der Waals surface area contributed by atoms with E-state index < -0.39 is 0 Å². The summed E-state index contributed by atoms with van der Waals surface area (Å²) in [5.74, 6) is 0.447. The second kappa shape index (κ2) is 4.91. The monoisotopic (exact) mass is 241 g/mol. The minimum Gasteiger partial charge on any atom is -0.393 e. The molecule has 3 heteroatoms. The van der Waals surface area contributed by atoms with Crippen LogP contribution in [0.5, 0.6) is 0 Å². The first-order chi connectivity index (χ1) is 7.66. The van der Waals surface area contributed by atoms with Crippen molar-refractivity contribution in [3.63, 3.8) is 0 Å². The average molecular weight is 242 g/mol. The van der Waals surface area contributed by atoms with Crippen LogP contribution in [0, 0.1) is 11.3 Å². The molecule has 0 saturated heterocycles. The molecule has 0 aliphatic heterocycles. The van der Waals surface area contributed by atoms with Gasteiger partial charge in [-0.15, -0.1) is 0 Å². The third-order valence-corrected chi connectivity index (χ3v) is 4.46. The number of hydrogen-bond acceptors (Lipinski definition) is 2. The number of nitrogens with two attached hydrogens (primary N) is 1. The summed E-state index contributed by atoms with van der Waals surface area (Å²) in [5.41, 5.74) is 6.14. The van der Waals surface area contributed by atoms with E-state index in [1.165, 1.54) is 0 Å². The molecule has 2 nitrogen and oxygen atoms in total. The molecule has 2 aliphatic rings. The summed E-state index contributed by atoms with van der Waals surface area (Å²) >= 11 is 6.10. The van der Waals surface area contributed by atoms with Crippen molar-refractivity contribution in [2.24, 2.45) is 17.1 Å². The Balaban J connectivity index is 2.10. The van der Waals surface area contributed by atoms with Gasteiger partial charge in [0.2, 0.25) is 0 Å². The number of hydrogen-bond donors (Lipinski definition) is 2. The number of aliphatic hydroxyl groups excluding tert-OH is 1. The molecule has 0 bridgehead atoms. The van der Waals surface area contributed by atoms with Crippen LogP contribution in [-0.2, 0) is 0 Å². The third kappa shape index (κ3) is 2.34. The van der Waals surface area contributed by atoms with Crippen LogP contribution >= 0.6 is 11.6 Å². The SMILES string of the molecule is NC[C@]1(C2C=CC=C(Cl)C2)CC[C@H](O)CC1. The molecule has 90 valence electrons. The Hall–Kier alpha value is -0.310. The Morgan fingerprint density at radius 2 is 2.12 bits per heavy atom. The van der Waals surface area contributed by atoms with Crippen LogP contribution in [0.25, 0.3) is 0 Å². The zero-order chi connectivity index (χ0) is 11.6. The Morgan fingerprint density at radius 1 is 1.44 bits per heavy atom. The van der Waals surface area contributed by atoms with Crippen molar-refractivity contribution < 1.29 is 5.11 Å². The summed E-state index contributed by atoms with van der Waals surface area (Å²) in [7, 11) is 0. The Labute approximate surface area is 102 Å². The predicted molar refractivity (Wildman–Crippen MR) is 67.1 cm³/mol. The smallest absolute Gasteiger partial charge is 0.0540 e. The van der Waals surface area contributed by atoms with Gasteiger partial charge in [0.05, 0.1) is 6.10 Å². The van der Waals surface area contributed by atoms with Crippen molar-refractivity contribution >= 4 is 11.6 Å². The molecule has 0 aromatic carbocycles. The maximum Gasteiger partial charge on any atom is 0.0540 e. The fourth-order valence-electron chi connectivity index (χ4n) is 2.96. The summed E-state index contributed by atoms with van der Waals surface area (Å²) in [4.78, 5) is 0. The number of rotatable bonds is 2. The van der Waals surface area contributed by atoms with E-state index in [1.54, 1.807) is 0 Å². The van der Waals surface area contributed by atoms with Crippen LogP contribution in [-0.4, -0.2) is 17.8 Å². The maximum atomic E-state index is 9.59. The van der Waals surface area contributed by atoms with E-state index in [0.29, 0.717) is 12.5 Å². The highest BCUT2D eigenvalue weighted by molar-refractivity contribution is 6.29. The van der Waals surface area contributed by atoms with Crippen molar-refractivity contribution in [2.45, 2.75) is 38.2 Å². The molecule has 0 radical (unpaired) electrons. The molecular weight excluding hydrogens is 222 g/mol. The van der Waals surface area contributed by atoms with Gasteiger partial charge in [-0.3, -0.25) is 0 Å². The summed E-state index contributed by atoms with van der Waals surface area (Å²) in [5, 5.41) is 10.5. The second-order valence-electron chi connectivity index (χ2n) is 5.11. The van der Waals surface area contributed by atoms with Gasteiger partial charge in [0, 0.05) is 5.03 Å². The summed E-state index contributed by atoms with van der Waals surface area (Å²) in [6.07, 6.45) is 10.8. The standard InChI is InChI=1S/C13H20ClNO/c14-11-3-1-2-10(8-11)13(9-15)6-4-12(16)5-7-13/h1-3,10,12,16H,4-9,15H2/t10?,12-,13-. The van der Waals surface area contributed by atoms with Gasteiger partial charge in [0.1, 0.15) is 0 Å². The second-order valence-corrected chi connectivity index (χ2v) is 5.59. The molecule has 1 unspecified atom stereocenters. The molecule has 1 fully saturated rings. The van der Waals surface area contributed by atoms with Gasteiger partial charge in [-0.25, -0.2) is 0 Å². The van der Waals surface area contributed by atoms with E-state index in [4.69, 9.17) is 17.3 Å². The molecule has 0 amide bonds. The summed E-state index contributed by atoms with van der Waals surface area (Å²) in [6.45, 7) is 0.693. The van der Waals surface area contributed by atoms with Crippen LogP contribution in [0.1, 0.15) is 32.1 Å². The van der Waals surface area contributed by atoms with Gasteiger partial charge in [0.15, 0.2) is 0 Å². The van der Waals surface area contributed by atoms with Crippen LogP contribution < -0.4 is 5.73 Å². The fourth-order valence-corrected chi connectivity index (χ4v) is 3.20. The molecule has 0 heterocycles. The first-order valence-corrected chi connectivity index (χ1v) is 6.45. The molecule has 1 saturated carbocycles. The quantitative estimate of drug-likeness (QED) is 0.781. The van der Waals surface area contributed by atoms with Crippen molar-refractivity contribution in [3.8, 4) is 0 Å². The molecule has 2 rings (SSSR count). The van der Waals surface area contributed by atoms with Crippen LogP contribution in [0.2, 0.25) is 0 Å². The van der Waals surface area contributed by atoms with Crippen LogP contribution in [0.3, 0.4) is 0 Å².